The molecule has 228 valence electrons. The maximum atomic E-state index is 15.8. The summed E-state index contributed by atoms with van der Waals surface area (Å²) in [7, 11) is -3.43. The van der Waals surface area contributed by atoms with Crippen molar-refractivity contribution in [2.75, 3.05) is 6.16 Å². The fourth-order valence-electron chi connectivity index (χ4n) is 5.22. The van der Waals surface area contributed by atoms with Gasteiger partial charge >= 0.3 is 0 Å². The van der Waals surface area contributed by atoms with E-state index in [1.165, 1.54) is 0 Å². The minimum Gasteiger partial charge on any atom is -0.203 e. The molecule has 0 aliphatic heterocycles. The molecule has 0 aromatic heterocycles. The molecule has 0 radical (unpaired) electrons. The Kier molecular flexibility index (Phi) is 7.90. The number of hydrogen-bond donors (Lipinski definition) is 0. The average Bonchev–Trinajstić information content (AvgIpc) is 2.97. The van der Waals surface area contributed by atoms with Gasteiger partial charge in [0.05, 0.1) is 21.5 Å². The Morgan fingerprint density at radius 1 is 0.326 bits per heavy atom. The van der Waals surface area contributed by atoms with Gasteiger partial charge in [0, 0.05) is 21.5 Å². The molecule has 0 heterocycles. The van der Waals surface area contributed by atoms with E-state index in [9.17, 15) is 30.7 Å². The van der Waals surface area contributed by atoms with Crippen molar-refractivity contribution < 1.29 is 61.5 Å². The van der Waals surface area contributed by atoms with Crippen molar-refractivity contribution in [3.8, 4) is 0 Å². The van der Waals surface area contributed by atoms with Crippen molar-refractivity contribution in [1.29, 1.82) is 0 Å². The van der Waals surface area contributed by atoms with E-state index < -0.39 is 138 Å². The first-order valence-electron chi connectivity index (χ1n) is 12.4. The van der Waals surface area contributed by atoms with Crippen molar-refractivity contribution in [3.05, 3.63) is 81.4 Å². The number of rotatable bonds is 7. The van der Waals surface area contributed by atoms with Crippen molar-refractivity contribution in [2.45, 2.75) is 32.6 Å². The summed E-state index contributed by atoms with van der Waals surface area (Å²) in [6, 6.07) is 0. The zero-order valence-corrected chi connectivity index (χ0v) is 22.2. The van der Waals surface area contributed by atoms with Crippen LogP contribution in [0.25, 0.3) is 32.3 Å². The van der Waals surface area contributed by atoms with Gasteiger partial charge in [-0.2, -0.15) is 0 Å². The SMILES string of the molecule is CCCCCCP(c1c(F)c(F)c(F)c(F)c1F)c1c(F)c(F)c2c(F)c(F)c3c(F)c(F)c(F)c4c(F)c(F)c1c2c34. The quantitative estimate of drug-likeness (QED) is 0.0413. The van der Waals surface area contributed by atoms with E-state index in [2.05, 4.69) is 0 Å². The summed E-state index contributed by atoms with van der Waals surface area (Å²) >= 11 is 0. The monoisotopic (exact) mass is 646 g/mol. The summed E-state index contributed by atoms with van der Waals surface area (Å²) in [6.07, 6.45) is 0.244. The normalized spacial score (nSPS) is 12.9. The van der Waals surface area contributed by atoms with Crippen LogP contribution in [-0.4, -0.2) is 6.16 Å². The van der Waals surface area contributed by atoms with Gasteiger partial charge in [-0.3, -0.25) is 0 Å². The van der Waals surface area contributed by atoms with E-state index in [1.54, 1.807) is 6.92 Å². The van der Waals surface area contributed by atoms with Gasteiger partial charge in [-0.05, 0) is 20.5 Å². The second kappa shape index (κ2) is 10.9. The van der Waals surface area contributed by atoms with Crippen LogP contribution in [0.2, 0.25) is 0 Å². The lowest BCUT2D eigenvalue weighted by molar-refractivity contribution is 0.384. The van der Waals surface area contributed by atoms with Gasteiger partial charge in [-0.1, -0.05) is 26.2 Å². The molecule has 0 fully saturated rings. The largest absolute Gasteiger partial charge is 0.203 e. The van der Waals surface area contributed by atoms with Crippen molar-refractivity contribution in [2.24, 2.45) is 0 Å². The third kappa shape index (κ3) is 4.22. The van der Waals surface area contributed by atoms with Crippen LogP contribution in [0, 0.1) is 81.4 Å². The average molecular weight is 646 g/mol. The Hall–Kier alpha value is -3.41. The summed E-state index contributed by atoms with van der Waals surface area (Å²) in [5.41, 5.74) is 0. The fourth-order valence-corrected chi connectivity index (χ4v) is 7.92. The molecule has 0 spiro atoms. The second-order valence-corrected chi connectivity index (χ2v) is 11.8. The number of benzene rings is 5. The Bertz CT molecular complexity index is 1920. The van der Waals surface area contributed by atoms with Gasteiger partial charge in [0.25, 0.3) is 0 Å². The lowest BCUT2D eigenvalue weighted by atomic mass is 9.91. The van der Waals surface area contributed by atoms with Crippen LogP contribution in [0.15, 0.2) is 0 Å². The van der Waals surface area contributed by atoms with Crippen LogP contribution >= 0.6 is 7.92 Å². The highest BCUT2D eigenvalue weighted by Crippen LogP contribution is 2.49. The number of halogens is 14. The van der Waals surface area contributed by atoms with E-state index >= 15 is 30.7 Å². The predicted octanol–water partition coefficient (Wildman–Crippen LogP) is 9.54. The highest BCUT2D eigenvalue weighted by atomic mass is 31.1. The highest BCUT2D eigenvalue weighted by Gasteiger charge is 2.39. The minimum atomic E-state index is -3.43. The maximum Gasteiger partial charge on any atom is 0.200 e. The molecule has 0 amide bonds. The Morgan fingerprint density at radius 3 is 1.12 bits per heavy atom. The smallest absolute Gasteiger partial charge is 0.200 e. The third-order valence-corrected chi connectivity index (χ3v) is 9.81. The van der Waals surface area contributed by atoms with E-state index in [1.807, 2.05) is 0 Å². The molecule has 5 rings (SSSR count). The molecule has 15 heteroatoms. The first kappa shape index (κ1) is 31.0. The third-order valence-electron chi connectivity index (χ3n) is 7.16. The van der Waals surface area contributed by atoms with Crippen LogP contribution < -0.4 is 10.6 Å². The first-order chi connectivity index (χ1) is 20.2. The van der Waals surface area contributed by atoms with E-state index in [4.69, 9.17) is 0 Å². The van der Waals surface area contributed by atoms with Crippen LogP contribution in [0.3, 0.4) is 0 Å². The molecule has 0 aliphatic carbocycles. The maximum absolute atomic E-state index is 15.8. The van der Waals surface area contributed by atoms with Crippen LogP contribution in [0.1, 0.15) is 32.6 Å². The van der Waals surface area contributed by atoms with Crippen LogP contribution in [0.5, 0.6) is 0 Å². The minimum absolute atomic E-state index is 0.177. The lowest BCUT2D eigenvalue weighted by Gasteiger charge is -2.25. The Morgan fingerprint density at radius 2 is 0.651 bits per heavy atom. The molecule has 43 heavy (non-hydrogen) atoms. The zero-order chi connectivity index (χ0) is 31.8. The summed E-state index contributed by atoms with van der Waals surface area (Å²) in [6.45, 7) is 1.72. The summed E-state index contributed by atoms with van der Waals surface area (Å²) < 4.78 is 209. The Balaban J connectivity index is 2.06. The topological polar surface area (TPSA) is 0 Å². The van der Waals surface area contributed by atoms with E-state index in [0.29, 0.717) is 12.8 Å². The molecular formula is C28H13F14P. The van der Waals surface area contributed by atoms with Crippen molar-refractivity contribution in [3.63, 3.8) is 0 Å². The molecule has 0 N–H and O–H groups in total. The van der Waals surface area contributed by atoms with Crippen LogP contribution in [0.4, 0.5) is 61.5 Å². The number of unbranched alkanes of at least 4 members (excludes halogenated alkanes) is 3. The molecule has 1 unspecified atom stereocenters. The molecule has 0 saturated heterocycles. The zero-order valence-electron chi connectivity index (χ0n) is 21.3. The predicted molar refractivity (Wildman–Crippen MR) is 131 cm³/mol. The van der Waals surface area contributed by atoms with Gasteiger partial charge in [0.1, 0.15) is 0 Å². The summed E-state index contributed by atoms with van der Waals surface area (Å²) in [5.74, 6) is -34.6. The van der Waals surface area contributed by atoms with Crippen molar-refractivity contribution >= 4 is 50.8 Å². The lowest BCUT2D eigenvalue weighted by Crippen LogP contribution is -2.28. The summed E-state index contributed by atoms with van der Waals surface area (Å²) in [4.78, 5) is 0. The van der Waals surface area contributed by atoms with E-state index in [0.717, 1.165) is 0 Å². The fraction of sp³-hybridized carbons (Fsp3) is 0.214. The standard InChI is InChI=1S/C28H13F14P/c1-2-3-4-5-6-43(28-25(41)22(38)21(37)23(39)26(28)42)27-12-8-7-9(13(29)14(30)11(8)18(34)24(27)40)16(32)20(36)17(33)10(7)15(31)19(12)35/h2-6H2,1H3. The highest BCUT2D eigenvalue weighted by molar-refractivity contribution is 7.73. The van der Waals surface area contributed by atoms with Crippen molar-refractivity contribution in [1.82, 2.24) is 0 Å². The van der Waals surface area contributed by atoms with E-state index in [-0.39, 0.29) is 12.8 Å². The van der Waals surface area contributed by atoms with Gasteiger partial charge in [0.15, 0.2) is 75.6 Å². The van der Waals surface area contributed by atoms with Gasteiger partial charge in [0.2, 0.25) is 5.82 Å². The molecule has 5 aromatic rings. The molecular weight excluding hydrogens is 633 g/mol. The van der Waals surface area contributed by atoms with Crippen LogP contribution in [-0.2, 0) is 0 Å². The molecule has 0 bridgehead atoms. The molecule has 0 aliphatic rings. The summed E-state index contributed by atoms with van der Waals surface area (Å²) in [5, 5.41) is -13.3. The molecule has 0 saturated carbocycles. The molecule has 1 atom stereocenters. The first-order valence-corrected chi connectivity index (χ1v) is 13.9. The van der Waals surface area contributed by atoms with Gasteiger partial charge in [-0.15, -0.1) is 0 Å². The molecule has 0 nitrogen and oxygen atoms in total. The second-order valence-electron chi connectivity index (χ2n) is 9.56. The molecule has 5 aromatic carbocycles. The van der Waals surface area contributed by atoms with Gasteiger partial charge in [-0.25, -0.2) is 61.5 Å². The number of hydrogen-bond acceptors (Lipinski definition) is 0. The Labute approximate surface area is 233 Å². The van der Waals surface area contributed by atoms with Gasteiger partial charge < -0.3 is 0 Å².